The van der Waals surface area contributed by atoms with E-state index in [-0.39, 0.29) is 22.6 Å². The van der Waals surface area contributed by atoms with Crippen molar-refractivity contribution in [3.8, 4) is 0 Å². The number of amides is 1. The molecule has 32 heavy (non-hydrogen) atoms. The highest BCUT2D eigenvalue weighted by Crippen LogP contribution is 2.62. The highest BCUT2D eigenvalue weighted by atomic mass is 19.1. The first kappa shape index (κ1) is 24.2. The van der Waals surface area contributed by atoms with E-state index in [1.165, 1.54) is 18.1 Å². The Kier molecular flexibility index (Phi) is 8.60. The average molecular weight is 437 g/mol. The summed E-state index contributed by atoms with van der Waals surface area (Å²) in [6, 6.07) is 11.1. The summed E-state index contributed by atoms with van der Waals surface area (Å²) in [5, 5.41) is 3.02. The van der Waals surface area contributed by atoms with Crippen LogP contribution in [0.2, 0.25) is 0 Å². The Balaban J connectivity index is 1.56. The van der Waals surface area contributed by atoms with Gasteiger partial charge >= 0.3 is 0 Å². The van der Waals surface area contributed by atoms with Gasteiger partial charge in [0.15, 0.2) is 0 Å². The largest absolute Gasteiger partial charge is 0.353 e. The second-order valence-electron chi connectivity index (χ2n) is 9.40. The van der Waals surface area contributed by atoms with E-state index in [1.807, 2.05) is 18.3 Å². The Hall–Kier alpha value is -2.49. The first-order valence-electron chi connectivity index (χ1n) is 12.1. The Morgan fingerprint density at radius 1 is 1.19 bits per heavy atom. The van der Waals surface area contributed by atoms with Crippen LogP contribution in [0.5, 0.6) is 0 Å². The van der Waals surface area contributed by atoms with Crippen LogP contribution >= 0.6 is 0 Å². The van der Waals surface area contributed by atoms with Crippen LogP contribution in [-0.4, -0.2) is 17.4 Å². The molecule has 1 atom stereocenters. The lowest BCUT2D eigenvalue weighted by atomic mass is 9.66. The van der Waals surface area contributed by atoms with Crippen molar-refractivity contribution in [2.45, 2.75) is 77.0 Å². The van der Waals surface area contributed by atoms with Crippen molar-refractivity contribution in [1.82, 2.24) is 10.3 Å². The topological polar surface area (TPSA) is 42.0 Å². The van der Waals surface area contributed by atoms with Crippen LogP contribution < -0.4 is 5.32 Å². The van der Waals surface area contributed by atoms with Crippen LogP contribution in [0.4, 0.5) is 4.39 Å². The van der Waals surface area contributed by atoms with Crippen LogP contribution in [0.15, 0.2) is 60.9 Å². The molecule has 0 unspecified atom stereocenters. The summed E-state index contributed by atoms with van der Waals surface area (Å²) in [6.07, 6.45) is 17.0. The molecule has 0 aliphatic heterocycles. The summed E-state index contributed by atoms with van der Waals surface area (Å²) < 4.78 is 14.0. The zero-order valence-electron chi connectivity index (χ0n) is 19.6. The highest BCUT2D eigenvalue weighted by Gasteiger charge is 2.55. The number of pyridine rings is 1. The van der Waals surface area contributed by atoms with Gasteiger partial charge in [-0.2, -0.15) is 0 Å². The van der Waals surface area contributed by atoms with E-state index >= 15 is 0 Å². The molecular formula is C28H37FN2O. The maximum absolute atomic E-state index is 14.0. The molecule has 1 saturated carbocycles. The van der Waals surface area contributed by atoms with E-state index in [0.29, 0.717) is 6.54 Å². The SMILES string of the molecule is CCCCC[C@](C)(c1cccc(F)c1)C1(C=CC(=O)NCCCCc2cccnc2)CC1. The molecule has 3 rings (SSSR count). The van der Waals surface area contributed by atoms with E-state index in [4.69, 9.17) is 0 Å². The number of hydrogen-bond donors (Lipinski definition) is 1. The fourth-order valence-corrected chi connectivity index (χ4v) is 4.78. The van der Waals surface area contributed by atoms with Crippen molar-refractivity contribution in [1.29, 1.82) is 0 Å². The number of nitrogens with zero attached hydrogens (tertiary/aromatic N) is 1. The van der Waals surface area contributed by atoms with E-state index in [2.05, 4.69) is 36.3 Å². The third-order valence-corrected chi connectivity index (χ3v) is 7.10. The monoisotopic (exact) mass is 436 g/mol. The maximum atomic E-state index is 14.0. The lowest BCUT2D eigenvalue weighted by molar-refractivity contribution is -0.116. The molecule has 0 saturated heterocycles. The molecular weight excluding hydrogens is 399 g/mol. The summed E-state index contributed by atoms with van der Waals surface area (Å²) in [6.45, 7) is 5.13. The Labute approximate surface area is 192 Å². The summed E-state index contributed by atoms with van der Waals surface area (Å²) in [7, 11) is 0. The number of hydrogen-bond acceptors (Lipinski definition) is 2. The molecule has 1 aliphatic rings. The van der Waals surface area contributed by atoms with Crippen LogP contribution in [0.25, 0.3) is 0 Å². The van der Waals surface area contributed by atoms with Crippen molar-refractivity contribution in [2.24, 2.45) is 5.41 Å². The van der Waals surface area contributed by atoms with Crippen LogP contribution in [0, 0.1) is 11.2 Å². The third kappa shape index (κ3) is 6.27. The Morgan fingerprint density at radius 3 is 2.72 bits per heavy atom. The molecule has 3 nitrogen and oxygen atoms in total. The third-order valence-electron chi connectivity index (χ3n) is 7.10. The molecule has 0 spiro atoms. The van der Waals surface area contributed by atoms with Crippen LogP contribution in [0.3, 0.4) is 0 Å². The van der Waals surface area contributed by atoms with Gasteiger partial charge in [0.1, 0.15) is 5.82 Å². The summed E-state index contributed by atoms with van der Waals surface area (Å²) in [4.78, 5) is 16.6. The van der Waals surface area contributed by atoms with Crippen LogP contribution in [-0.2, 0) is 16.6 Å². The summed E-state index contributed by atoms with van der Waals surface area (Å²) >= 11 is 0. The molecule has 1 aliphatic carbocycles. The minimum atomic E-state index is -0.187. The van der Waals surface area contributed by atoms with E-state index in [9.17, 15) is 9.18 Å². The van der Waals surface area contributed by atoms with Gasteiger partial charge in [-0.05, 0) is 79.3 Å². The number of carbonyl (C=O) groups excluding carboxylic acids is 1. The second kappa shape index (κ2) is 11.4. The van der Waals surface area contributed by atoms with Gasteiger partial charge in [-0.1, -0.05) is 57.4 Å². The number of allylic oxidation sites excluding steroid dienone is 1. The Bertz CT molecular complexity index is 891. The van der Waals surface area contributed by atoms with Gasteiger partial charge in [0.05, 0.1) is 0 Å². The Morgan fingerprint density at radius 2 is 2.03 bits per heavy atom. The normalized spacial score (nSPS) is 16.6. The van der Waals surface area contributed by atoms with Gasteiger partial charge in [0.25, 0.3) is 0 Å². The second-order valence-corrected chi connectivity index (χ2v) is 9.40. The zero-order valence-corrected chi connectivity index (χ0v) is 19.6. The number of carbonyl (C=O) groups is 1. The number of aryl methyl sites for hydroxylation is 1. The number of nitrogens with one attached hydrogen (secondary N) is 1. The lowest BCUT2D eigenvalue weighted by Crippen LogP contribution is -2.33. The van der Waals surface area contributed by atoms with Crippen molar-refractivity contribution in [2.75, 3.05) is 6.54 Å². The quantitative estimate of drug-likeness (QED) is 0.286. The first-order valence-corrected chi connectivity index (χ1v) is 12.1. The number of aromatic nitrogens is 1. The molecule has 1 amide bonds. The maximum Gasteiger partial charge on any atom is 0.243 e. The van der Waals surface area contributed by atoms with Gasteiger partial charge in [-0.15, -0.1) is 0 Å². The number of benzene rings is 1. The van der Waals surface area contributed by atoms with Gasteiger partial charge < -0.3 is 5.32 Å². The predicted octanol–water partition coefficient (Wildman–Crippen LogP) is 6.53. The van der Waals surface area contributed by atoms with Gasteiger partial charge in [0.2, 0.25) is 5.91 Å². The van der Waals surface area contributed by atoms with E-state index < -0.39 is 0 Å². The first-order chi connectivity index (χ1) is 15.5. The van der Waals surface area contributed by atoms with Crippen molar-refractivity contribution in [3.63, 3.8) is 0 Å². The molecule has 1 fully saturated rings. The van der Waals surface area contributed by atoms with Crippen LogP contribution in [0.1, 0.15) is 76.3 Å². The number of unbranched alkanes of at least 4 members (excludes halogenated alkanes) is 3. The van der Waals surface area contributed by atoms with E-state index in [1.54, 1.807) is 24.4 Å². The fraction of sp³-hybridized carbons (Fsp3) is 0.500. The van der Waals surface area contributed by atoms with Gasteiger partial charge in [-0.3, -0.25) is 9.78 Å². The molecule has 172 valence electrons. The van der Waals surface area contributed by atoms with Gasteiger partial charge in [0, 0.05) is 24.4 Å². The number of rotatable bonds is 13. The molecule has 1 aromatic heterocycles. The molecule has 4 heteroatoms. The predicted molar refractivity (Wildman–Crippen MR) is 129 cm³/mol. The molecule has 0 radical (unpaired) electrons. The molecule has 0 bridgehead atoms. The highest BCUT2D eigenvalue weighted by molar-refractivity contribution is 5.87. The minimum absolute atomic E-state index is 0.0344. The van der Waals surface area contributed by atoms with Crippen molar-refractivity contribution >= 4 is 5.91 Å². The fourth-order valence-electron chi connectivity index (χ4n) is 4.78. The molecule has 1 N–H and O–H groups in total. The lowest BCUT2D eigenvalue weighted by Gasteiger charge is -2.38. The van der Waals surface area contributed by atoms with E-state index in [0.717, 1.165) is 56.9 Å². The van der Waals surface area contributed by atoms with Crippen molar-refractivity contribution < 1.29 is 9.18 Å². The van der Waals surface area contributed by atoms with Gasteiger partial charge in [-0.25, -0.2) is 4.39 Å². The number of halogens is 1. The van der Waals surface area contributed by atoms with Crippen molar-refractivity contribution in [3.05, 3.63) is 77.9 Å². The summed E-state index contributed by atoms with van der Waals surface area (Å²) in [5.74, 6) is -0.221. The average Bonchev–Trinajstić information content (AvgIpc) is 3.60. The molecule has 1 aromatic carbocycles. The standard InChI is InChI=1S/C28H37FN2O/c1-3-4-6-15-27(2,24-12-8-13-25(29)21-24)28(17-18-28)16-14-26(32)31-20-7-5-10-23-11-9-19-30-22-23/h8-9,11-14,16,19,21-22H,3-7,10,15,17-18,20H2,1-2H3,(H,31,32)/t27-/m1/s1. The molecule has 2 aromatic rings. The minimum Gasteiger partial charge on any atom is -0.353 e. The molecule has 1 heterocycles. The zero-order chi connectivity index (χ0) is 22.9. The smallest absolute Gasteiger partial charge is 0.243 e. The summed E-state index contributed by atoms with van der Waals surface area (Å²) in [5.41, 5.74) is 2.05.